The Labute approximate surface area is 177 Å². The van der Waals surface area contributed by atoms with Gasteiger partial charge < -0.3 is 14.8 Å². The van der Waals surface area contributed by atoms with E-state index >= 15 is 0 Å². The summed E-state index contributed by atoms with van der Waals surface area (Å²) in [6, 6.07) is 8.83. The Hall–Kier alpha value is -2.85. The number of ether oxygens (including phenoxy) is 2. The van der Waals surface area contributed by atoms with Crippen LogP contribution in [0, 0.1) is 0 Å². The number of carbonyl (C=O) groups excluding carboxylic acids is 1. The van der Waals surface area contributed by atoms with Crippen LogP contribution in [-0.4, -0.2) is 57.1 Å². The van der Waals surface area contributed by atoms with Crippen LogP contribution in [0.5, 0.6) is 5.75 Å². The first-order chi connectivity index (χ1) is 14.6. The zero-order valence-electron chi connectivity index (χ0n) is 16.6. The molecule has 0 bridgehead atoms. The summed E-state index contributed by atoms with van der Waals surface area (Å²) in [6.45, 7) is 3.78. The van der Waals surface area contributed by atoms with E-state index in [4.69, 9.17) is 9.47 Å². The van der Waals surface area contributed by atoms with E-state index in [0.717, 1.165) is 30.8 Å². The van der Waals surface area contributed by atoms with Gasteiger partial charge in [-0.25, -0.2) is 14.5 Å². The van der Waals surface area contributed by atoms with Crippen LogP contribution in [0.25, 0.3) is 17.0 Å². The molecule has 1 fully saturated rings. The maximum atomic E-state index is 12.2. The van der Waals surface area contributed by atoms with Crippen molar-refractivity contribution in [3.05, 3.63) is 40.7 Å². The highest BCUT2D eigenvalue weighted by Crippen LogP contribution is 2.23. The zero-order valence-corrected chi connectivity index (χ0v) is 17.4. The minimum absolute atomic E-state index is 0.0942. The molecule has 1 saturated heterocycles. The molecule has 0 saturated carbocycles. The van der Waals surface area contributed by atoms with E-state index < -0.39 is 0 Å². The maximum Gasteiger partial charge on any atom is 0.266 e. The Morgan fingerprint density at radius 2 is 2.20 bits per heavy atom. The normalized spacial score (nSPS) is 16.1. The number of aromatic nitrogens is 4. The molecule has 1 aliphatic heterocycles. The summed E-state index contributed by atoms with van der Waals surface area (Å²) in [5.74, 6) is 1.29. The van der Waals surface area contributed by atoms with E-state index in [9.17, 15) is 9.59 Å². The number of hydrogen-bond donors (Lipinski definition) is 2. The van der Waals surface area contributed by atoms with E-state index in [1.807, 2.05) is 31.2 Å². The van der Waals surface area contributed by atoms with Gasteiger partial charge in [0.25, 0.3) is 5.56 Å². The Balaban J connectivity index is 1.51. The average molecular weight is 430 g/mol. The fraction of sp³-hybridized carbons (Fsp3) is 0.400. The zero-order chi connectivity index (χ0) is 20.9. The van der Waals surface area contributed by atoms with E-state index in [0.29, 0.717) is 29.8 Å². The molecule has 2 N–H and O–H groups in total. The first-order valence-electron chi connectivity index (χ1n) is 9.86. The molecular formula is C20H23N5O4S. The predicted molar refractivity (Wildman–Crippen MR) is 113 cm³/mol. The van der Waals surface area contributed by atoms with Crippen LogP contribution < -0.4 is 15.6 Å². The first kappa shape index (κ1) is 20.4. The predicted octanol–water partition coefficient (Wildman–Crippen LogP) is 1.87. The molecule has 1 aliphatic rings. The molecule has 10 heteroatoms. The van der Waals surface area contributed by atoms with Gasteiger partial charge in [0, 0.05) is 24.8 Å². The number of carbonyl (C=O) groups is 1. The topological polar surface area (TPSA) is 111 Å². The van der Waals surface area contributed by atoms with E-state index in [2.05, 4.69) is 20.4 Å². The van der Waals surface area contributed by atoms with Crippen LogP contribution in [0.3, 0.4) is 0 Å². The maximum absolute atomic E-state index is 12.2. The monoisotopic (exact) mass is 429 g/mol. The van der Waals surface area contributed by atoms with E-state index in [1.54, 1.807) is 0 Å². The highest BCUT2D eigenvalue weighted by atomic mass is 32.2. The van der Waals surface area contributed by atoms with Gasteiger partial charge in [-0.3, -0.25) is 14.7 Å². The molecule has 1 aromatic carbocycles. The molecule has 3 aromatic rings. The van der Waals surface area contributed by atoms with Crippen LogP contribution in [0.1, 0.15) is 19.8 Å². The molecule has 3 heterocycles. The first-order valence-corrected chi connectivity index (χ1v) is 10.8. The van der Waals surface area contributed by atoms with Crippen molar-refractivity contribution >= 4 is 23.3 Å². The van der Waals surface area contributed by atoms with Crippen molar-refractivity contribution in [2.75, 3.05) is 25.5 Å². The average Bonchev–Trinajstić information content (AvgIpc) is 3.40. The van der Waals surface area contributed by atoms with Gasteiger partial charge in [-0.1, -0.05) is 11.8 Å². The number of nitrogens with one attached hydrogen (secondary N) is 2. The minimum atomic E-state index is -0.280. The van der Waals surface area contributed by atoms with Gasteiger partial charge in [0.15, 0.2) is 16.6 Å². The summed E-state index contributed by atoms with van der Waals surface area (Å²) in [5, 5.41) is 6.05. The Morgan fingerprint density at radius 3 is 2.93 bits per heavy atom. The molecule has 9 nitrogen and oxygen atoms in total. The van der Waals surface area contributed by atoms with Gasteiger partial charge in [-0.15, -0.1) is 0 Å². The quantitative estimate of drug-likeness (QED) is 0.526. The Kier molecular flexibility index (Phi) is 6.34. The fourth-order valence-corrected chi connectivity index (χ4v) is 3.97. The number of fused-ring (bicyclic) bond motifs is 1. The number of aromatic amines is 1. The van der Waals surface area contributed by atoms with Crippen molar-refractivity contribution in [1.29, 1.82) is 0 Å². The lowest BCUT2D eigenvalue weighted by molar-refractivity contribution is -0.119. The van der Waals surface area contributed by atoms with Crippen molar-refractivity contribution in [3.8, 4) is 17.1 Å². The molecule has 158 valence electrons. The Morgan fingerprint density at radius 1 is 1.37 bits per heavy atom. The van der Waals surface area contributed by atoms with Crippen LogP contribution >= 0.6 is 11.8 Å². The summed E-state index contributed by atoms with van der Waals surface area (Å²) in [6.07, 6.45) is 2.09. The van der Waals surface area contributed by atoms with Crippen LogP contribution in [0.2, 0.25) is 0 Å². The third-order valence-electron chi connectivity index (χ3n) is 4.63. The Bertz CT molecular complexity index is 1070. The molecule has 0 aliphatic carbocycles. The summed E-state index contributed by atoms with van der Waals surface area (Å²) in [7, 11) is 0. The summed E-state index contributed by atoms with van der Waals surface area (Å²) < 4.78 is 12.5. The SMILES string of the molecule is CCOc1ccc(-c2nc(SCC(=O)NC[C@@H]3CCCO3)n3[nH]c(=O)cc3n2)cc1. The molecule has 0 radical (unpaired) electrons. The number of rotatable bonds is 8. The second kappa shape index (κ2) is 9.31. The second-order valence-corrected chi connectivity index (χ2v) is 7.77. The van der Waals surface area contributed by atoms with Crippen molar-refractivity contribution in [3.63, 3.8) is 0 Å². The van der Waals surface area contributed by atoms with Gasteiger partial charge in [0.05, 0.1) is 18.5 Å². The largest absolute Gasteiger partial charge is 0.494 e. The molecule has 1 amide bonds. The van der Waals surface area contributed by atoms with Crippen molar-refractivity contribution < 1.29 is 14.3 Å². The number of thioether (sulfide) groups is 1. The van der Waals surface area contributed by atoms with Gasteiger partial charge in [0.1, 0.15) is 5.75 Å². The van der Waals surface area contributed by atoms with Crippen LogP contribution in [-0.2, 0) is 9.53 Å². The molecule has 0 spiro atoms. The highest BCUT2D eigenvalue weighted by molar-refractivity contribution is 7.99. The van der Waals surface area contributed by atoms with Crippen LogP contribution in [0.15, 0.2) is 40.3 Å². The third kappa shape index (κ3) is 4.82. The lowest BCUT2D eigenvalue weighted by Crippen LogP contribution is -2.33. The van der Waals surface area contributed by atoms with E-state index in [-0.39, 0.29) is 23.3 Å². The van der Waals surface area contributed by atoms with Gasteiger partial charge in [0.2, 0.25) is 5.91 Å². The number of H-pyrrole nitrogens is 1. The molecule has 4 rings (SSSR count). The third-order valence-corrected chi connectivity index (χ3v) is 5.57. The summed E-state index contributed by atoms with van der Waals surface area (Å²) >= 11 is 1.24. The van der Waals surface area contributed by atoms with Crippen molar-refractivity contribution in [2.24, 2.45) is 0 Å². The molecule has 30 heavy (non-hydrogen) atoms. The van der Waals surface area contributed by atoms with E-state index in [1.165, 1.54) is 22.3 Å². The van der Waals surface area contributed by atoms with Gasteiger partial charge in [-0.05, 0) is 44.0 Å². The fourth-order valence-electron chi connectivity index (χ4n) is 3.19. The standard InChI is InChI=1S/C20H23N5O4S/c1-2-28-14-7-5-13(6-8-14)19-22-16-10-17(26)24-25(16)20(23-19)30-12-18(27)21-11-15-4-3-9-29-15/h5-8,10,15H,2-4,9,11-12H2,1H3,(H,21,27)(H,24,26)/t15-/m0/s1. The molecule has 0 unspecified atom stereocenters. The molecular weight excluding hydrogens is 406 g/mol. The number of amides is 1. The molecule has 1 atom stereocenters. The van der Waals surface area contributed by atoms with Crippen molar-refractivity contribution in [1.82, 2.24) is 24.9 Å². The number of nitrogens with zero attached hydrogens (tertiary/aromatic N) is 3. The molecule has 2 aromatic heterocycles. The summed E-state index contributed by atoms with van der Waals surface area (Å²) in [5.41, 5.74) is 0.957. The highest BCUT2D eigenvalue weighted by Gasteiger charge is 2.17. The van der Waals surface area contributed by atoms with Crippen LogP contribution in [0.4, 0.5) is 0 Å². The number of hydrogen-bond acceptors (Lipinski definition) is 7. The van der Waals surface area contributed by atoms with Gasteiger partial charge in [-0.2, -0.15) is 0 Å². The van der Waals surface area contributed by atoms with Gasteiger partial charge >= 0.3 is 0 Å². The second-order valence-electron chi connectivity index (χ2n) is 6.83. The lowest BCUT2D eigenvalue weighted by atomic mass is 10.2. The van der Waals surface area contributed by atoms with Crippen molar-refractivity contribution in [2.45, 2.75) is 31.0 Å². The lowest BCUT2D eigenvalue weighted by Gasteiger charge is -2.11. The number of benzene rings is 1. The smallest absolute Gasteiger partial charge is 0.266 e. The summed E-state index contributed by atoms with van der Waals surface area (Å²) in [4.78, 5) is 33.1. The minimum Gasteiger partial charge on any atom is -0.494 e.